The Balaban J connectivity index is 1.86. The van der Waals surface area contributed by atoms with E-state index >= 15 is 0 Å². The topological polar surface area (TPSA) is 73.3 Å². The molecule has 2 aromatic carbocycles. The molecule has 0 bridgehead atoms. The molecular formula is C20H20NO5+. The number of hydrogen-bond acceptors (Lipinski definition) is 5. The van der Waals surface area contributed by atoms with Crippen molar-refractivity contribution in [1.29, 1.82) is 0 Å². The highest BCUT2D eigenvalue weighted by molar-refractivity contribution is 5.85. The fourth-order valence-corrected chi connectivity index (χ4v) is 3.18. The molecule has 4 rings (SSSR count). The van der Waals surface area contributed by atoms with Gasteiger partial charge in [0.25, 0.3) is 0 Å². The van der Waals surface area contributed by atoms with E-state index in [9.17, 15) is 9.90 Å². The van der Waals surface area contributed by atoms with Gasteiger partial charge in [-0.2, -0.15) is 0 Å². The number of nitrogens with one attached hydrogen (secondary N) is 1. The molecule has 1 aliphatic rings. The van der Waals surface area contributed by atoms with Crippen molar-refractivity contribution in [3.63, 3.8) is 0 Å². The minimum Gasteiger partial charge on any atom is -0.507 e. The fourth-order valence-electron chi connectivity index (χ4n) is 3.18. The van der Waals surface area contributed by atoms with E-state index in [4.69, 9.17) is 13.9 Å². The monoisotopic (exact) mass is 354 g/mol. The Morgan fingerprint density at radius 3 is 2.62 bits per heavy atom. The van der Waals surface area contributed by atoms with E-state index in [1.54, 1.807) is 24.3 Å². The minimum absolute atomic E-state index is 0.133. The van der Waals surface area contributed by atoms with Crippen LogP contribution < -0.4 is 19.8 Å². The maximum absolute atomic E-state index is 13.0. The van der Waals surface area contributed by atoms with E-state index in [0.717, 1.165) is 4.90 Å². The van der Waals surface area contributed by atoms with Crippen molar-refractivity contribution in [2.75, 3.05) is 27.3 Å². The first-order valence-electron chi connectivity index (χ1n) is 8.50. The van der Waals surface area contributed by atoms with Gasteiger partial charge in [0.05, 0.1) is 30.6 Å². The molecule has 0 atom stereocenters. The Kier molecular flexibility index (Phi) is 4.05. The molecule has 134 valence electrons. The number of phenolic OH excluding ortho intramolecular Hbond substituents is 1. The van der Waals surface area contributed by atoms with Gasteiger partial charge in [-0.05, 0) is 29.8 Å². The summed E-state index contributed by atoms with van der Waals surface area (Å²) in [7, 11) is 3.94. The van der Waals surface area contributed by atoms with Gasteiger partial charge >= 0.3 is 0 Å². The number of fused-ring (bicyclic) bond motifs is 2. The van der Waals surface area contributed by atoms with Crippen LogP contribution in [0.5, 0.6) is 17.2 Å². The van der Waals surface area contributed by atoms with Gasteiger partial charge in [0.15, 0.2) is 11.5 Å². The summed E-state index contributed by atoms with van der Waals surface area (Å²) in [6, 6.07) is 8.55. The molecule has 0 radical (unpaired) electrons. The molecule has 0 saturated carbocycles. The third-order valence-corrected chi connectivity index (χ3v) is 4.40. The Labute approximate surface area is 150 Å². The van der Waals surface area contributed by atoms with Crippen LogP contribution in [-0.2, 0) is 6.54 Å². The SMILES string of the molecule is C[NH+](C)Cc1c(O)ccc2c(=O)c(-c3ccc4c(c3)OCCO4)coc12. The predicted octanol–water partition coefficient (Wildman–Crippen LogP) is 1.58. The summed E-state index contributed by atoms with van der Waals surface area (Å²) in [5.74, 6) is 1.43. The zero-order chi connectivity index (χ0) is 18.3. The maximum Gasteiger partial charge on any atom is 0.200 e. The number of hydrogen-bond donors (Lipinski definition) is 2. The molecule has 0 fully saturated rings. The molecule has 2 heterocycles. The lowest BCUT2D eigenvalue weighted by molar-refractivity contribution is -0.872. The highest BCUT2D eigenvalue weighted by Gasteiger charge is 2.18. The molecule has 0 unspecified atom stereocenters. The molecule has 1 aliphatic heterocycles. The lowest BCUT2D eigenvalue weighted by atomic mass is 10.0. The Bertz CT molecular complexity index is 1040. The number of quaternary nitrogens is 1. The summed E-state index contributed by atoms with van der Waals surface area (Å²) in [5, 5.41) is 10.6. The van der Waals surface area contributed by atoms with Crippen LogP contribution >= 0.6 is 0 Å². The van der Waals surface area contributed by atoms with Gasteiger partial charge in [-0.1, -0.05) is 6.07 Å². The van der Waals surface area contributed by atoms with Gasteiger partial charge in [-0.3, -0.25) is 4.79 Å². The average Bonchev–Trinajstić information content (AvgIpc) is 2.64. The lowest BCUT2D eigenvalue weighted by Gasteiger charge is -2.18. The fraction of sp³-hybridized carbons (Fsp3) is 0.250. The molecule has 0 aliphatic carbocycles. The van der Waals surface area contributed by atoms with Crippen molar-refractivity contribution < 1.29 is 23.9 Å². The quantitative estimate of drug-likeness (QED) is 0.747. The van der Waals surface area contributed by atoms with Crippen LogP contribution in [-0.4, -0.2) is 32.4 Å². The van der Waals surface area contributed by atoms with E-state index in [-0.39, 0.29) is 11.2 Å². The first-order chi connectivity index (χ1) is 12.5. The average molecular weight is 354 g/mol. The summed E-state index contributed by atoms with van der Waals surface area (Å²) in [5.41, 5.74) is 2.07. The summed E-state index contributed by atoms with van der Waals surface area (Å²) in [4.78, 5) is 14.1. The third-order valence-electron chi connectivity index (χ3n) is 4.40. The molecule has 0 spiro atoms. The van der Waals surface area contributed by atoms with E-state index < -0.39 is 0 Å². The Morgan fingerprint density at radius 1 is 1.08 bits per heavy atom. The van der Waals surface area contributed by atoms with Crippen LogP contribution in [0, 0.1) is 0 Å². The van der Waals surface area contributed by atoms with Crippen molar-refractivity contribution in [2.45, 2.75) is 6.54 Å². The summed E-state index contributed by atoms with van der Waals surface area (Å²) >= 11 is 0. The van der Waals surface area contributed by atoms with E-state index in [1.807, 2.05) is 20.2 Å². The molecule has 6 heteroatoms. The second kappa shape index (κ2) is 6.38. The summed E-state index contributed by atoms with van der Waals surface area (Å²) in [6.07, 6.45) is 1.45. The predicted molar refractivity (Wildman–Crippen MR) is 97.1 cm³/mol. The summed E-state index contributed by atoms with van der Waals surface area (Å²) in [6.45, 7) is 1.55. The molecule has 0 amide bonds. The smallest absolute Gasteiger partial charge is 0.200 e. The minimum atomic E-state index is -0.141. The van der Waals surface area contributed by atoms with Crippen molar-refractivity contribution in [3.05, 3.63) is 52.4 Å². The van der Waals surface area contributed by atoms with Gasteiger partial charge in [0, 0.05) is 0 Å². The van der Waals surface area contributed by atoms with Crippen molar-refractivity contribution in [1.82, 2.24) is 0 Å². The van der Waals surface area contributed by atoms with Crippen molar-refractivity contribution in [3.8, 4) is 28.4 Å². The van der Waals surface area contributed by atoms with Gasteiger partial charge in [0.1, 0.15) is 37.4 Å². The van der Waals surface area contributed by atoms with Crippen molar-refractivity contribution >= 4 is 11.0 Å². The molecular weight excluding hydrogens is 334 g/mol. The Hall–Kier alpha value is -2.99. The highest BCUT2D eigenvalue weighted by atomic mass is 16.6. The van der Waals surface area contributed by atoms with Crippen LogP contribution in [0.2, 0.25) is 0 Å². The number of ether oxygens (including phenoxy) is 2. The van der Waals surface area contributed by atoms with E-state index in [0.29, 0.717) is 58.9 Å². The number of phenols is 1. The second-order valence-electron chi connectivity index (χ2n) is 6.66. The standard InChI is InChI=1S/C20H19NO5/c1-21(2)10-14-16(22)5-4-13-19(23)15(11-26-20(13)14)12-3-6-17-18(9-12)25-8-7-24-17/h3-6,9,11,22H,7-8,10H2,1-2H3/p+1. The third kappa shape index (κ3) is 2.78. The van der Waals surface area contributed by atoms with Gasteiger partial charge in [-0.25, -0.2) is 0 Å². The van der Waals surface area contributed by atoms with Gasteiger partial charge < -0.3 is 23.9 Å². The molecule has 3 aromatic rings. The Morgan fingerprint density at radius 2 is 1.85 bits per heavy atom. The second-order valence-corrected chi connectivity index (χ2v) is 6.66. The maximum atomic E-state index is 13.0. The highest BCUT2D eigenvalue weighted by Crippen LogP contribution is 2.34. The molecule has 0 saturated heterocycles. The number of rotatable bonds is 3. The van der Waals surface area contributed by atoms with Gasteiger partial charge in [0.2, 0.25) is 5.43 Å². The van der Waals surface area contributed by atoms with Crippen LogP contribution in [0.3, 0.4) is 0 Å². The molecule has 6 nitrogen and oxygen atoms in total. The molecule has 26 heavy (non-hydrogen) atoms. The van der Waals surface area contributed by atoms with Crippen LogP contribution in [0.4, 0.5) is 0 Å². The zero-order valence-electron chi connectivity index (χ0n) is 14.7. The normalized spacial score (nSPS) is 13.3. The van der Waals surface area contributed by atoms with Crippen LogP contribution in [0.15, 0.2) is 45.8 Å². The number of aromatic hydroxyl groups is 1. The largest absolute Gasteiger partial charge is 0.507 e. The summed E-state index contributed by atoms with van der Waals surface area (Å²) < 4.78 is 16.9. The van der Waals surface area contributed by atoms with Crippen molar-refractivity contribution in [2.24, 2.45) is 0 Å². The molecule has 1 aromatic heterocycles. The van der Waals surface area contributed by atoms with E-state index in [1.165, 1.54) is 6.26 Å². The number of benzene rings is 2. The van der Waals surface area contributed by atoms with E-state index in [2.05, 4.69) is 0 Å². The first kappa shape index (κ1) is 16.5. The van der Waals surface area contributed by atoms with Crippen LogP contribution in [0.1, 0.15) is 5.56 Å². The molecule has 2 N–H and O–H groups in total. The van der Waals surface area contributed by atoms with Crippen LogP contribution in [0.25, 0.3) is 22.1 Å². The van der Waals surface area contributed by atoms with Gasteiger partial charge in [-0.15, -0.1) is 0 Å². The zero-order valence-corrected chi connectivity index (χ0v) is 14.7. The lowest BCUT2D eigenvalue weighted by Crippen LogP contribution is -3.04. The first-order valence-corrected chi connectivity index (χ1v) is 8.50.